The number of hydrogen-bond donors (Lipinski definition) is 2. The van der Waals surface area contributed by atoms with Crippen molar-refractivity contribution in [1.29, 1.82) is 0 Å². The molecule has 1 aromatic carbocycles. The molecule has 2 N–H and O–H groups in total. The maximum Gasteiger partial charge on any atom is 0.122 e. The van der Waals surface area contributed by atoms with E-state index in [-0.39, 0.29) is 5.92 Å². The van der Waals surface area contributed by atoms with E-state index < -0.39 is 12.2 Å². The molecule has 0 bridgehead atoms. The van der Waals surface area contributed by atoms with Crippen LogP contribution in [0, 0.1) is 0 Å². The van der Waals surface area contributed by atoms with Crippen molar-refractivity contribution in [2.45, 2.75) is 64.6 Å². The van der Waals surface area contributed by atoms with Gasteiger partial charge >= 0.3 is 0 Å². The van der Waals surface area contributed by atoms with Crippen molar-refractivity contribution in [2.24, 2.45) is 0 Å². The molecule has 3 heteroatoms. The van der Waals surface area contributed by atoms with Gasteiger partial charge in [-0.3, -0.25) is 0 Å². The summed E-state index contributed by atoms with van der Waals surface area (Å²) >= 11 is 0. The van der Waals surface area contributed by atoms with E-state index in [0.29, 0.717) is 18.8 Å². The smallest absolute Gasteiger partial charge is 0.122 e. The number of rotatable bonds is 7. The van der Waals surface area contributed by atoms with Crippen molar-refractivity contribution in [3.05, 3.63) is 29.3 Å². The molecular weight excluding hydrogens is 252 g/mol. The van der Waals surface area contributed by atoms with Crippen LogP contribution in [0.1, 0.15) is 63.5 Å². The van der Waals surface area contributed by atoms with Gasteiger partial charge in [0.1, 0.15) is 5.75 Å². The lowest BCUT2D eigenvalue weighted by Gasteiger charge is -2.22. The molecule has 3 atom stereocenters. The zero-order chi connectivity index (χ0) is 15.3. The maximum atomic E-state index is 9.95. The summed E-state index contributed by atoms with van der Waals surface area (Å²) in [4.78, 5) is 0. The summed E-state index contributed by atoms with van der Waals surface area (Å²) in [5.74, 6) is 1.50. The van der Waals surface area contributed by atoms with Crippen LogP contribution in [0.15, 0.2) is 18.2 Å². The highest BCUT2D eigenvalue weighted by Crippen LogP contribution is 2.31. The van der Waals surface area contributed by atoms with Crippen LogP contribution >= 0.6 is 0 Å². The highest BCUT2D eigenvalue weighted by Gasteiger charge is 2.19. The third-order valence-electron chi connectivity index (χ3n) is 3.90. The minimum absolute atomic E-state index is 0.203. The third-order valence-corrected chi connectivity index (χ3v) is 3.90. The molecule has 0 aliphatic heterocycles. The van der Waals surface area contributed by atoms with Crippen LogP contribution in [0.3, 0.4) is 0 Å². The first kappa shape index (κ1) is 17.0. The van der Waals surface area contributed by atoms with Crippen molar-refractivity contribution in [3.8, 4) is 5.75 Å². The Labute approximate surface area is 122 Å². The van der Waals surface area contributed by atoms with E-state index in [4.69, 9.17) is 4.74 Å². The molecule has 3 unspecified atom stereocenters. The molecule has 1 aromatic rings. The van der Waals surface area contributed by atoms with Crippen molar-refractivity contribution in [3.63, 3.8) is 0 Å². The Bertz CT molecular complexity index is 415. The second-order valence-electron chi connectivity index (χ2n) is 5.84. The van der Waals surface area contributed by atoms with Crippen LogP contribution in [0.2, 0.25) is 0 Å². The molecule has 0 fully saturated rings. The van der Waals surface area contributed by atoms with E-state index in [1.165, 1.54) is 11.1 Å². The van der Waals surface area contributed by atoms with E-state index >= 15 is 0 Å². The van der Waals surface area contributed by atoms with Gasteiger partial charge in [-0.1, -0.05) is 39.8 Å². The summed E-state index contributed by atoms with van der Waals surface area (Å²) in [6, 6.07) is 6.18. The fourth-order valence-electron chi connectivity index (χ4n) is 2.44. The number of ether oxygens (including phenoxy) is 1. The van der Waals surface area contributed by atoms with Crippen LogP contribution in [0.5, 0.6) is 5.75 Å². The van der Waals surface area contributed by atoms with Gasteiger partial charge in [-0.25, -0.2) is 0 Å². The number of methoxy groups -OCH3 is 1. The average Bonchev–Trinajstić information content (AvgIpc) is 2.45. The van der Waals surface area contributed by atoms with Crippen LogP contribution in [0.4, 0.5) is 0 Å². The highest BCUT2D eigenvalue weighted by atomic mass is 16.5. The van der Waals surface area contributed by atoms with Crippen LogP contribution in [0.25, 0.3) is 0 Å². The Morgan fingerprint density at radius 3 is 2.25 bits per heavy atom. The summed E-state index contributed by atoms with van der Waals surface area (Å²) in [5.41, 5.74) is 2.36. The lowest BCUT2D eigenvalue weighted by atomic mass is 9.89. The van der Waals surface area contributed by atoms with Crippen molar-refractivity contribution < 1.29 is 14.9 Å². The summed E-state index contributed by atoms with van der Waals surface area (Å²) in [6.45, 7) is 8.24. The first-order valence-corrected chi connectivity index (χ1v) is 7.44. The second-order valence-corrected chi connectivity index (χ2v) is 5.84. The minimum atomic E-state index is -0.667. The van der Waals surface area contributed by atoms with E-state index in [0.717, 1.165) is 5.75 Å². The highest BCUT2D eigenvalue weighted by molar-refractivity contribution is 5.40. The monoisotopic (exact) mass is 280 g/mol. The van der Waals surface area contributed by atoms with Crippen LogP contribution in [-0.4, -0.2) is 29.5 Å². The number of aliphatic hydroxyl groups excluding tert-OH is 2. The Morgan fingerprint density at radius 1 is 1.10 bits per heavy atom. The van der Waals surface area contributed by atoms with E-state index in [1.807, 2.05) is 19.1 Å². The Kier molecular flexibility index (Phi) is 6.50. The zero-order valence-electron chi connectivity index (χ0n) is 13.3. The van der Waals surface area contributed by atoms with E-state index in [9.17, 15) is 10.2 Å². The predicted octanol–water partition coefficient (Wildman–Crippen LogP) is 3.44. The molecule has 3 nitrogen and oxygen atoms in total. The Hall–Kier alpha value is -1.06. The molecule has 20 heavy (non-hydrogen) atoms. The van der Waals surface area contributed by atoms with Gasteiger partial charge in [0, 0.05) is 0 Å². The van der Waals surface area contributed by atoms with Gasteiger partial charge in [-0.05, 0) is 41.9 Å². The fraction of sp³-hybridized carbons (Fsp3) is 0.647. The van der Waals surface area contributed by atoms with Crippen LogP contribution in [-0.2, 0) is 0 Å². The zero-order valence-corrected chi connectivity index (χ0v) is 13.3. The Morgan fingerprint density at radius 2 is 1.75 bits per heavy atom. The fourth-order valence-corrected chi connectivity index (χ4v) is 2.44. The average molecular weight is 280 g/mol. The van der Waals surface area contributed by atoms with Crippen molar-refractivity contribution in [2.75, 3.05) is 7.11 Å². The molecule has 0 saturated carbocycles. The van der Waals surface area contributed by atoms with Gasteiger partial charge < -0.3 is 14.9 Å². The molecule has 0 aromatic heterocycles. The standard InChI is InChI=1S/C17H28O3/c1-6-15(18)16(19)9-12(4)13-7-8-17(20-5)14(10-13)11(2)3/h7-8,10-12,15-16,18-19H,6,9H2,1-5H3. The topological polar surface area (TPSA) is 49.7 Å². The van der Waals surface area contributed by atoms with Crippen molar-refractivity contribution in [1.82, 2.24) is 0 Å². The van der Waals surface area contributed by atoms with Gasteiger partial charge in [-0.15, -0.1) is 0 Å². The van der Waals surface area contributed by atoms with E-state index in [2.05, 4.69) is 26.8 Å². The predicted molar refractivity (Wildman–Crippen MR) is 82.4 cm³/mol. The normalized spacial score (nSPS) is 16.0. The molecule has 0 aliphatic rings. The molecule has 0 radical (unpaired) electrons. The molecule has 0 spiro atoms. The quantitative estimate of drug-likeness (QED) is 0.804. The summed E-state index contributed by atoms with van der Waals surface area (Å²) < 4.78 is 5.39. The maximum absolute atomic E-state index is 9.95. The van der Waals surface area contributed by atoms with Gasteiger partial charge in [-0.2, -0.15) is 0 Å². The van der Waals surface area contributed by atoms with Crippen molar-refractivity contribution >= 4 is 0 Å². The molecule has 114 valence electrons. The SMILES string of the molecule is CCC(O)C(O)CC(C)c1ccc(OC)c(C(C)C)c1. The van der Waals surface area contributed by atoms with Gasteiger partial charge in [0.2, 0.25) is 0 Å². The summed E-state index contributed by atoms with van der Waals surface area (Å²) in [5, 5.41) is 19.6. The van der Waals surface area contributed by atoms with Gasteiger partial charge in [0.05, 0.1) is 19.3 Å². The lowest BCUT2D eigenvalue weighted by Crippen LogP contribution is -2.26. The first-order valence-electron chi connectivity index (χ1n) is 7.44. The Balaban J connectivity index is 2.88. The molecule has 0 amide bonds. The first-order chi connectivity index (χ1) is 9.40. The molecule has 0 heterocycles. The molecule has 1 rings (SSSR count). The number of benzene rings is 1. The summed E-state index contributed by atoms with van der Waals surface area (Å²) in [7, 11) is 1.69. The van der Waals surface area contributed by atoms with Crippen LogP contribution < -0.4 is 4.74 Å². The molecule has 0 saturated heterocycles. The third kappa shape index (κ3) is 4.22. The molecule has 0 aliphatic carbocycles. The summed E-state index contributed by atoms with van der Waals surface area (Å²) in [6.07, 6.45) is -0.160. The number of hydrogen-bond acceptors (Lipinski definition) is 3. The lowest BCUT2D eigenvalue weighted by molar-refractivity contribution is 0.00953. The molecular formula is C17H28O3. The number of aliphatic hydroxyl groups is 2. The van der Waals surface area contributed by atoms with Gasteiger partial charge in [0.15, 0.2) is 0 Å². The van der Waals surface area contributed by atoms with Gasteiger partial charge in [0.25, 0.3) is 0 Å². The minimum Gasteiger partial charge on any atom is -0.496 e. The largest absolute Gasteiger partial charge is 0.496 e. The second kappa shape index (κ2) is 7.65. The van der Waals surface area contributed by atoms with E-state index in [1.54, 1.807) is 7.11 Å².